The molecule has 2 unspecified atom stereocenters. The quantitative estimate of drug-likeness (QED) is 0.860. The number of imide groups is 1. The fourth-order valence-corrected chi connectivity index (χ4v) is 3.59. The summed E-state index contributed by atoms with van der Waals surface area (Å²) in [5, 5.41) is 2.51. The van der Waals surface area contributed by atoms with Gasteiger partial charge in [0.15, 0.2) is 0 Å². The van der Waals surface area contributed by atoms with Gasteiger partial charge in [0, 0.05) is 6.42 Å². The Hall–Kier alpha value is -1.64. The molecule has 0 aliphatic carbocycles. The van der Waals surface area contributed by atoms with Crippen molar-refractivity contribution in [3.8, 4) is 0 Å². The smallest absolute Gasteiger partial charge is 0.234 e. The van der Waals surface area contributed by atoms with Crippen LogP contribution in [0.4, 0.5) is 0 Å². The van der Waals surface area contributed by atoms with E-state index in [-0.39, 0.29) is 23.1 Å². The molecule has 0 spiro atoms. The fraction of sp³-hybridized carbons (Fsp3) is 0.529. The normalized spacial score (nSPS) is 26.8. The van der Waals surface area contributed by atoms with Gasteiger partial charge in [-0.3, -0.25) is 14.9 Å². The second-order valence-corrected chi connectivity index (χ2v) is 6.63. The number of piperidine rings is 1. The van der Waals surface area contributed by atoms with Crippen molar-refractivity contribution in [2.75, 3.05) is 0 Å². The molecule has 3 nitrogen and oxygen atoms in total. The van der Waals surface area contributed by atoms with E-state index in [0.717, 1.165) is 17.5 Å². The molecule has 20 heavy (non-hydrogen) atoms. The number of amides is 2. The molecule has 0 bridgehead atoms. The molecule has 1 aliphatic heterocycles. The molecule has 1 fully saturated rings. The SMILES string of the molecule is Cc1ccccc1C1C(=O)NC(=O)CC1(C)CC(C)C. The summed E-state index contributed by atoms with van der Waals surface area (Å²) in [7, 11) is 0. The molecule has 3 heteroatoms. The van der Waals surface area contributed by atoms with Gasteiger partial charge >= 0.3 is 0 Å². The van der Waals surface area contributed by atoms with E-state index in [2.05, 4.69) is 26.1 Å². The van der Waals surface area contributed by atoms with Crippen LogP contribution in [0.15, 0.2) is 24.3 Å². The van der Waals surface area contributed by atoms with E-state index in [0.29, 0.717) is 12.3 Å². The van der Waals surface area contributed by atoms with Crippen LogP contribution in [0, 0.1) is 18.3 Å². The Morgan fingerprint density at radius 1 is 1.30 bits per heavy atom. The van der Waals surface area contributed by atoms with Gasteiger partial charge in [0.2, 0.25) is 11.8 Å². The van der Waals surface area contributed by atoms with E-state index in [1.54, 1.807) is 0 Å². The lowest BCUT2D eigenvalue weighted by Crippen LogP contribution is -2.50. The fourth-order valence-electron chi connectivity index (χ4n) is 3.59. The van der Waals surface area contributed by atoms with E-state index in [1.807, 2.05) is 31.2 Å². The lowest BCUT2D eigenvalue weighted by Gasteiger charge is -2.41. The summed E-state index contributed by atoms with van der Waals surface area (Å²) in [6.07, 6.45) is 1.28. The van der Waals surface area contributed by atoms with Gasteiger partial charge in [-0.15, -0.1) is 0 Å². The van der Waals surface area contributed by atoms with Crippen molar-refractivity contribution in [2.24, 2.45) is 11.3 Å². The topological polar surface area (TPSA) is 46.2 Å². The number of carbonyl (C=O) groups excluding carboxylic acids is 2. The van der Waals surface area contributed by atoms with Gasteiger partial charge in [-0.2, -0.15) is 0 Å². The summed E-state index contributed by atoms with van der Waals surface area (Å²) in [6.45, 7) is 8.36. The average Bonchev–Trinajstić information content (AvgIpc) is 2.28. The number of carbonyl (C=O) groups is 2. The number of benzene rings is 1. The zero-order valence-corrected chi connectivity index (χ0v) is 12.7. The van der Waals surface area contributed by atoms with Crippen LogP contribution in [0.1, 0.15) is 50.7 Å². The largest absolute Gasteiger partial charge is 0.296 e. The Bertz CT molecular complexity index is 536. The molecule has 1 saturated heterocycles. The third-order valence-electron chi connectivity index (χ3n) is 4.16. The molecule has 1 N–H and O–H groups in total. The van der Waals surface area contributed by atoms with Crippen LogP contribution in [0.3, 0.4) is 0 Å². The van der Waals surface area contributed by atoms with Crippen LogP contribution in [-0.2, 0) is 9.59 Å². The highest BCUT2D eigenvalue weighted by molar-refractivity contribution is 6.02. The van der Waals surface area contributed by atoms with Crippen LogP contribution in [0.2, 0.25) is 0 Å². The second kappa shape index (κ2) is 5.39. The first-order valence-corrected chi connectivity index (χ1v) is 7.23. The molecule has 0 aromatic heterocycles. The van der Waals surface area contributed by atoms with Crippen molar-refractivity contribution in [1.82, 2.24) is 5.32 Å². The molecule has 2 amide bonds. The Kier molecular flexibility index (Phi) is 3.98. The Morgan fingerprint density at radius 2 is 1.95 bits per heavy atom. The standard InChI is InChI=1S/C17H23NO2/c1-11(2)9-17(4)10-14(19)18-16(20)15(17)13-8-6-5-7-12(13)3/h5-8,11,15H,9-10H2,1-4H3,(H,18,19,20). The summed E-state index contributed by atoms with van der Waals surface area (Å²) in [4.78, 5) is 24.2. The highest BCUT2D eigenvalue weighted by Crippen LogP contribution is 2.46. The lowest BCUT2D eigenvalue weighted by atomic mass is 9.64. The number of hydrogen-bond acceptors (Lipinski definition) is 2. The first-order valence-electron chi connectivity index (χ1n) is 7.23. The second-order valence-electron chi connectivity index (χ2n) is 6.63. The van der Waals surface area contributed by atoms with Crippen LogP contribution in [-0.4, -0.2) is 11.8 Å². The molecule has 2 rings (SSSR count). The van der Waals surface area contributed by atoms with Gasteiger partial charge in [0.05, 0.1) is 5.92 Å². The first kappa shape index (κ1) is 14.8. The van der Waals surface area contributed by atoms with Crippen molar-refractivity contribution in [2.45, 2.75) is 46.5 Å². The summed E-state index contributed by atoms with van der Waals surface area (Å²) in [5.41, 5.74) is 1.84. The van der Waals surface area contributed by atoms with Gasteiger partial charge in [-0.25, -0.2) is 0 Å². The van der Waals surface area contributed by atoms with Crippen LogP contribution >= 0.6 is 0 Å². The molecular formula is C17H23NO2. The maximum Gasteiger partial charge on any atom is 0.234 e. The van der Waals surface area contributed by atoms with E-state index in [4.69, 9.17) is 0 Å². The highest BCUT2D eigenvalue weighted by atomic mass is 16.2. The Balaban J connectivity index is 2.47. The predicted molar refractivity (Wildman–Crippen MR) is 79.2 cm³/mol. The molecule has 1 aromatic carbocycles. The lowest BCUT2D eigenvalue weighted by molar-refractivity contribution is -0.140. The van der Waals surface area contributed by atoms with Gasteiger partial charge < -0.3 is 0 Å². The van der Waals surface area contributed by atoms with Gasteiger partial charge in [0.1, 0.15) is 0 Å². The predicted octanol–water partition coefficient (Wildman–Crippen LogP) is 3.18. The van der Waals surface area contributed by atoms with Crippen molar-refractivity contribution < 1.29 is 9.59 Å². The molecule has 1 aromatic rings. The summed E-state index contributed by atoms with van der Waals surface area (Å²) in [5.74, 6) is -0.101. The molecule has 108 valence electrons. The summed E-state index contributed by atoms with van der Waals surface area (Å²) >= 11 is 0. The highest BCUT2D eigenvalue weighted by Gasteiger charge is 2.46. The van der Waals surface area contributed by atoms with E-state index in [1.165, 1.54) is 0 Å². The molecule has 0 radical (unpaired) electrons. The first-order chi connectivity index (χ1) is 9.33. The number of hydrogen-bond donors (Lipinski definition) is 1. The van der Waals surface area contributed by atoms with E-state index >= 15 is 0 Å². The zero-order valence-electron chi connectivity index (χ0n) is 12.7. The maximum atomic E-state index is 12.4. The molecule has 1 heterocycles. The zero-order chi connectivity index (χ0) is 14.9. The summed E-state index contributed by atoms with van der Waals surface area (Å²) in [6, 6.07) is 7.97. The minimum absolute atomic E-state index is 0.150. The Morgan fingerprint density at radius 3 is 2.55 bits per heavy atom. The van der Waals surface area contributed by atoms with Crippen molar-refractivity contribution in [3.63, 3.8) is 0 Å². The van der Waals surface area contributed by atoms with Crippen molar-refractivity contribution in [3.05, 3.63) is 35.4 Å². The summed E-state index contributed by atoms with van der Waals surface area (Å²) < 4.78 is 0. The third-order valence-corrected chi connectivity index (χ3v) is 4.16. The van der Waals surface area contributed by atoms with E-state index in [9.17, 15) is 9.59 Å². The average molecular weight is 273 g/mol. The van der Waals surface area contributed by atoms with Crippen molar-refractivity contribution >= 4 is 11.8 Å². The number of nitrogens with one attached hydrogen (secondary N) is 1. The minimum atomic E-state index is -0.306. The van der Waals surface area contributed by atoms with E-state index < -0.39 is 0 Å². The molecule has 1 aliphatic rings. The van der Waals surface area contributed by atoms with Crippen LogP contribution in [0.25, 0.3) is 0 Å². The van der Waals surface area contributed by atoms with Crippen LogP contribution < -0.4 is 5.32 Å². The minimum Gasteiger partial charge on any atom is -0.296 e. The number of aryl methyl sites for hydroxylation is 1. The molecule has 0 saturated carbocycles. The van der Waals surface area contributed by atoms with Crippen molar-refractivity contribution in [1.29, 1.82) is 0 Å². The van der Waals surface area contributed by atoms with Gasteiger partial charge in [-0.1, -0.05) is 45.0 Å². The number of rotatable bonds is 3. The molecular weight excluding hydrogens is 250 g/mol. The monoisotopic (exact) mass is 273 g/mol. The molecule has 2 atom stereocenters. The van der Waals surface area contributed by atoms with Crippen LogP contribution in [0.5, 0.6) is 0 Å². The Labute approximate surface area is 120 Å². The maximum absolute atomic E-state index is 12.4. The van der Waals surface area contributed by atoms with Gasteiger partial charge in [-0.05, 0) is 35.8 Å². The third kappa shape index (κ3) is 2.77. The van der Waals surface area contributed by atoms with Gasteiger partial charge in [0.25, 0.3) is 0 Å².